The van der Waals surface area contributed by atoms with Crippen LogP contribution >= 0.6 is 0 Å². The summed E-state index contributed by atoms with van der Waals surface area (Å²) >= 11 is 0. The van der Waals surface area contributed by atoms with Gasteiger partial charge in [0, 0.05) is 18.7 Å². The minimum atomic E-state index is -0.339. The lowest BCUT2D eigenvalue weighted by Crippen LogP contribution is -2.39. The molecule has 2 amide bonds. The molecule has 0 aliphatic heterocycles. The molecule has 0 unspecified atom stereocenters. The molecule has 0 aliphatic rings. The fourth-order valence-corrected chi connectivity index (χ4v) is 2.56. The molecule has 27 heavy (non-hydrogen) atoms. The van der Waals surface area contributed by atoms with E-state index in [0.717, 1.165) is 0 Å². The topological polar surface area (TPSA) is 58.6 Å². The summed E-state index contributed by atoms with van der Waals surface area (Å²) in [6.45, 7) is 6.33. The molecule has 0 atom stereocenters. The fourth-order valence-electron chi connectivity index (χ4n) is 2.56. The SMILES string of the molecule is CCN(Cc1cccc(F)c1)C(=O)CNC(=O)c1ccc(OC(C)C)cc1. The highest BCUT2D eigenvalue weighted by molar-refractivity contribution is 5.96. The second kappa shape index (κ2) is 9.71. The summed E-state index contributed by atoms with van der Waals surface area (Å²) in [5.41, 5.74) is 1.16. The molecule has 2 aromatic rings. The van der Waals surface area contributed by atoms with Crippen molar-refractivity contribution in [3.63, 3.8) is 0 Å². The first-order chi connectivity index (χ1) is 12.9. The second-order valence-electron chi connectivity index (χ2n) is 6.41. The minimum Gasteiger partial charge on any atom is -0.491 e. The third-order valence-electron chi connectivity index (χ3n) is 3.89. The zero-order chi connectivity index (χ0) is 19.8. The summed E-state index contributed by atoms with van der Waals surface area (Å²) < 4.78 is 18.8. The molecular weight excluding hydrogens is 347 g/mol. The first-order valence-electron chi connectivity index (χ1n) is 8.96. The summed E-state index contributed by atoms with van der Waals surface area (Å²) in [7, 11) is 0. The van der Waals surface area contributed by atoms with Crippen molar-refractivity contribution in [3.8, 4) is 5.75 Å². The van der Waals surface area contributed by atoms with Crippen LogP contribution < -0.4 is 10.1 Å². The van der Waals surface area contributed by atoms with Crippen LogP contribution in [0.1, 0.15) is 36.7 Å². The van der Waals surface area contributed by atoms with Crippen LogP contribution in [0.2, 0.25) is 0 Å². The normalized spacial score (nSPS) is 10.6. The number of halogens is 1. The highest BCUT2D eigenvalue weighted by Crippen LogP contribution is 2.14. The molecule has 0 heterocycles. The van der Waals surface area contributed by atoms with Crippen LogP contribution in [-0.2, 0) is 11.3 Å². The quantitative estimate of drug-likeness (QED) is 0.773. The average molecular weight is 372 g/mol. The Morgan fingerprint density at radius 2 is 1.85 bits per heavy atom. The van der Waals surface area contributed by atoms with E-state index in [-0.39, 0.29) is 30.3 Å². The number of hydrogen-bond acceptors (Lipinski definition) is 3. The molecule has 144 valence electrons. The Hall–Kier alpha value is -2.89. The van der Waals surface area contributed by atoms with Crippen LogP contribution in [0.5, 0.6) is 5.75 Å². The molecule has 0 saturated carbocycles. The minimum absolute atomic E-state index is 0.0559. The van der Waals surface area contributed by atoms with Gasteiger partial charge in [0.1, 0.15) is 11.6 Å². The number of nitrogens with one attached hydrogen (secondary N) is 1. The Morgan fingerprint density at radius 3 is 2.44 bits per heavy atom. The van der Waals surface area contributed by atoms with E-state index in [1.165, 1.54) is 12.1 Å². The van der Waals surface area contributed by atoms with Crippen molar-refractivity contribution in [2.45, 2.75) is 33.4 Å². The molecule has 0 spiro atoms. The van der Waals surface area contributed by atoms with E-state index in [1.54, 1.807) is 41.3 Å². The molecule has 0 aromatic heterocycles. The highest BCUT2D eigenvalue weighted by atomic mass is 19.1. The molecule has 2 rings (SSSR count). The van der Waals surface area contributed by atoms with E-state index >= 15 is 0 Å². The number of hydrogen-bond donors (Lipinski definition) is 1. The van der Waals surface area contributed by atoms with E-state index < -0.39 is 0 Å². The molecule has 0 fully saturated rings. The van der Waals surface area contributed by atoms with Gasteiger partial charge in [0.05, 0.1) is 12.6 Å². The smallest absolute Gasteiger partial charge is 0.251 e. The summed E-state index contributed by atoms with van der Waals surface area (Å²) in [6, 6.07) is 12.9. The zero-order valence-corrected chi connectivity index (χ0v) is 15.9. The van der Waals surface area contributed by atoms with Crippen molar-refractivity contribution >= 4 is 11.8 Å². The van der Waals surface area contributed by atoms with Crippen LogP contribution in [0.4, 0.5) is 4.39 Å². The van der Waals surface area contributed by atoms with Crippen molar-refractivity contribution in [2.75, 3.05) is 13.1 Å². The molecule has 1 N–H and O–H groups in total. The van der Waals surface area contributed by atoms with Gasteiger partial charge in [0.15, 0.2) is 0 Å². The van der Waals surface area contributed by atoms with E-state index in [2.05, 4.69) is 5.32 Å². The summed E-state index contributed by atoms with van der Waals surface area (Å²) in [4.78, 5) is 26.2. The highest BCUT2D eigenvalue weighted by Gasteiger charge is 2.14. The van der Waals surface area contributed by atoms with Crippen LogP contribution in [0, 0.1) is 5.82 Å². The fraction of sp³-hybridized carbons (Fsp3) is 0.333. The molecule has 6 heteroatoms. The Balaban J connectivity index is 1.89. The summed E-state index contributed by atoms with van der Waals surface area (Å²) in [5.74, 6) is -0.213. The van der Waals surface area contributed by atoms with E-state index in [4.69, 9.17) is 4.74 Å². The van der Waals surface area contributed by atoms with Crippen LogP contribution in [-0.4, -0.2) is 35.9 Å². The van der Waals surface area contributed by atoms with Gasteiger partial charge in [0.25, 0.3) is 5.91 Å². The Kier molecular flexibility index (Phi) is 7.34. The van der Waals surface area contributed by atoms with Gasteiger partial charge >= 0.3 is 0 Å². The number of amides is 2. The lowest BCUT2D eigenvalue weighted by molar-refractivity contribution is -0.130. The van der Waals surface area contributed by atoms with Gasteiger partial charge in [-0.25, -0.2) is 4.39 Å². The van der Waals surface area contributed by atoms with E-state index in [1.807, 2.05) is 20.8 Å². The molecule has 0 radical (unpaired) electrons. The van der Waals surface area contributed by atoms with Gasteiger partial charge in [-0.05, 0) is 62.7 Å². The van der Waals surface area contributed by atoms with Gasteiger partial charge in [-0.2, -0.15) is 0 Å². The maximum atomic E-state index is 13.3. The third-order valence-corrected chi connectivity index (χ3v) is 3.89. The molecule has 5 nitrogen and oxygen atoms in total. The standard InChI is InChI=1S/C21H25FN2O3/c1-4-24(14-16-6-5-7-18(22)12-16)20(25)13-23-21(26)17-8-10-19(11-9-17)27-15(2)3/h5-12,15H,4,13-14H2,1-3H3,(H,23,26). The molecule has 0 saturated heterocycles. The number of nitrogens with zero attached hydrogens (tertiary/aromatic N) is 1. The van der Waals surface area contributed by atoms with E-state index in [9.17, 15) is 14.0 Å². The number of likely N-dealkylation sites (N-methyl/N-ethyl adjacent to an activating group) is 1. The zero-order valence-electron chi connectivity index (χ0n) is 15.9. The molecule has 0 aliphatic carbocycles. The van der Waals surface area contributed by atoms with Crippen molar-refractivity contribution in [3.05, 3.63) is 65.5 Å². The monoisotopic (exact) mass is 372 g/mol. The summed E-state index contributed by atoms with van der Waals surface area (Å²) in [6.07, 6.45) is 0.0559. The van der Waals surface area contributed by atoms with E-state index in [0.29, 0.717) is 30.0 Å². The van der Waals surface area contributed by atoms with Gasteiger partial charge in [0.2, 0.25) is 5.91 Å². The van der Waals surface area contributed by atoms with Crippen LogP contribution in [0.25, 0.3) is 0 Å². The predicted octanol–water partition coefficient (Wildman–Crippen LogP) is 3.39. The van der Waals surface area contributed by atoms with Crippen molar-refractivity contribution < 1.29 is 18.7 Å². The number of ether oxygens (including phenoxy) is 1. The summed E-state index contributed by atoms with van der Waals surface area (Å²) in [5, 5.41) is 2.63. The number of benzene rings is 2. The number of carbonyl (C=O) groups is 2. The second-order valence-corrected chi connectivity index (χ2v) is 6.41. The maximum absolute atomic E-state index is 13.3. The predicted molar refractivity (Wildman–Crippen MR) is 102 cm³/mol. The third kappa shape index (κ3) is 6.40. The molecular formula is C21H25FN2O3. The largest absolute Gasteiger partial charge is 0.491 e. The number of carbonyl (C=O) groups excluding carboxylic acids is 2. The first kappa shape index (κ1) is 20.4. The average Bonchev–Trinajstić information content (AvgIpc) is 2.64. The lowest BCUT2D eigenvalue weighted by Gasteiger charge is -2.21. The van der Waals surface area contributed by atoms with Gasteiger partial charge in [-0.1, -0.05) is 12.1 Å². The first-order valence-corrected chi connectivity index (χ1v) is 8.96. The van der Waals surface area contributed by atoms with Crippen molar-refractivity contribution in [2.24, 2.45) is 0 Å². The van der Waals surface area contributed by atoms with Gasteiger partial charge < -0.3 is 15.0 Å². The van der Waals surface area contributed by atoms with Crippen molar-refractivity contribution in [1.82, 2.24) is 10.2 Å². The van der Waals surface area contributed by atoms with Crippen LogP contribution in [0.15, 0.2) is 48.5 Å². The Morgan fingerprint density at radius 1 is 1.15 bits per heavy atom. The van der Waals surface area contributed by atoms with Gasteiger partial charge in [-0.15, -0.1) is 0 Å². The van der Waals surface area contributed by atoms with Crippen molar-refractivity contribution in [1.29, 1.82) is 0 Å². The molecule has 0 bridgehead atoms. The lowest BCUT2D eigenvalue weighted by atomic mass is 10.2. The molecule has 2 aromatic carbocycles. The Labute approximate surface area is 159 Å². The number of rotatable bonds is 8. The maximum Gasteiger partial charge on any atom is 0.251 e. The Bertz CT molecular complexity index is 775. The van der Waals surface area contributed by atoms with Gasteiger partial charge in [-0.3, -0.25) is 9.59 Å². The van der Waals surface area contributed by atoms with Crippen LogP contribution in [0.3, 0.4) is 0 Å².